The van der Waals surface area contributed by atoms with Crippen molar-refractivity contribution in [1.29, 1.82) is 0 Å². The minimum absolute atomic E-state index is 0.303. The molecule has 0 aliphatic carbocycles. The van der Waals surface area contributed by atoms with Crippen LogP contribution in [-0.2, 0) is 23.0 Å². The number of rotatable bonds is 8. The van der Waals surface area contributed by atoms with E-state index in [1.807, 2.05) is 40.8 Å². The fourth-order valence-corrected chi connectivity index (χ4v) is 5.35. The van der Waals surface area contributed by atoms with Crippen molar-refractivity contribution in [1.82, 2.24) is 14.5 Å². The Morgan fingerprint density at radius 3 is 2.70 bits per heavy atom. The molecule has 0 N–H and O–H groups in total. The minimum atomic E-state index is -0.556. The first-order chi connectivity index (χ1) is 19.5. The summed E-state index contributed by atoms with van der Waals surface area (Å²) < 4.78 is 28.6. The number of carbonyl (C=O) groups is 1. The maximum atomic E-state index is 15.2. The molecule has 1 amide bonds. The van der Waals surface area contributed by atoms with E-state index in [0.717, 1.165) is 23.2 Å². The normalized spacial score (nSPS) is 14.4. The third kappa shape index (κ3) is 5.05. The third-order valence-electron chi connectivity index (χ3n) is 7.22. The highest BCUT2D eigenvalue weighted by Gasteiger charge is 2.29. The number of ether oxygens (including phenoxy) is 1. The fraction of sp³-hybridized carbons (Fsp3) is 0.233. The molecule has 1 unspecified atom stereocenters. The third-order valence-corrected chi connectivity index (χ3v) is 7.45. The number of amides is 1. The lowest BCUT2D eigenvalue weighted by molar-refractivity contribution is -0.108. The van der Waals surface area contributed by atoms with Gasteiger partial charge in [0.15, 0.2) is 0 Å². The van der Waals surface area contributed by atoms with Gasteiger partial charge < -0.3 is 18.6 Å². The molecule has 1 fully saturated rings. The van der Waals surface area contributed by atoms with Gasteiger partial charge in [0.1, 0.15) is 23.3 Å². The Balaban J connectivity index is 1.38. The molecule has 0 bridgehead atoms. The predicted octanol–water partition coefficient (Wildman–Crippen LogP) is 5.80. The Morgan fingerprint density at radius 1 is 1.10 bits per heavy atom. The second-order valence-corrected chi connectivity index (χ2v) is 10.1. The van der Waals surface area contributed by atoms with E-state index < -0.39 is 6.04 Å². The summed E-state index contributed by atoms with van der Waals surface area (Å²) in [7, 11) is 1.86. The zero-order chi connectivity index (χ0) is 27.6. The summed E-state index contributed by atoms with van der Waals surface area (Å²) in [6.07, 6.45) is 4.53. The molecule has 1 saturated heterocycles. The van der Waals surface area contributed by atoms with Crippen LogP contribution in [0.3, 0.4) is 0 Å². The summed E-state index contributed by atoms with van der Waals surface area (Å²) in [6.45, 7) is 2.46. The molecule has 0 radical (unpaired) electrons. The van der Waals surface area contributed by atoms with Crippen LogP contribution in [0.2, 0.25) is 5.02 Å². The maximum Gasteiger partial charge on any atom is 0.217 e. The van der Waals surface area contributed by atoms with Crippen molar-refractivity contribution in [3.8, 4) is 11.3 Å². The van der Waals surface area contributed by atoms with Crippen molar-refractivity contribution < 1.29 is 18.3 Å². The van der Waals surface area contributed by atoms with Gasteiger partial charge in [0, 0.05) is 60.5 Å². The number of anilines is 2. The fourth-order valence-electron chi connectivity index (χ4n) is 5.17. The van der Waals surface area contributed by atoms with E-state index in [2.05, 4.69) is 4.98 Å². The molecule has 6 rings (SSSR count). The number of furan rings is 1. The van der Waals surface area contributed by atoms with Gasteiger partial charge in [-0.3, -0.25) is 14.7 Å². The Morgan fingerprint density at radius 2 is 1.95 bits per heavy atom. The quantitative estimate of drug-likeness (QED) is 0.224. The first-order valence-corrected chi connectivity index (χ1v) is 13.4. The second kappa shape index (κ2) is 11.1. The van der Waals surface area contributed by atoms with Crippen LogP contribution in [0.25, 0.3) is 22.2 Å². The molecule has 0 spiro atoms. The molecule has 3 aromatic heterocycles. The Bertz CT molecular complexity index is 1650. The number of nitrogens with zero attached hydrogens (tertiary/aromatic N) is 5. The van der Waals surface area contributed by atoms with Crippen LogP contribution < -0.4 is 9.80 Å². The summed E-state index contributed by atoms with van der Waals surface area (Å²) in [4.78, 5) is 25.3. The smallest absolute Gasteiger partial charge is 0.217 e. The molecule has 8 nitrogen and oxygen atoms in total. The lowest BCUT2D eigenvalue weighted by Crippen LogP contribution is -2.36. The lowest BCUT2D eigenvalue weighted by atomic mass is 10.1. The first-order valence-electron chi connectivity index (χ1n) is 13.0. The molecule has 40 heavy (non-hydrogen) atoms. The van der Waals surface area contributed by atoms with E-state index >= 15 is 4.39 Å². The largest absolute Gasteiger partial charge is 0.440 e. The molecule has 204 valence electrons. The molecule has 1 aliphatic rings. The van der Waals surface area contributed by atoms with Gasteiger partial charge in [0.25, 0.3) is 0 Å². The summed E-state index contributed by atoms with van der Waals surface area (Å²) in [6, 6.07) is 17.4. The highest BCUT2D eigenvalue weighted by Crippen LogP contribution is 2.35. The van der Waals surface area contributed by atoms with Crippen LogP contribution in [0, 0.1) is 5.82 Å². The number of fused-ring (bicyclic) bond motifs is 1. The molecule has 5 aromatic rings. The monoisotopic (exact) mass is 559 g/mol. The van der Waals surface area contributed by atoms with Gasteiger partial charge in [-0.25, -0.2) is 9.37 Å². The summed E-state index contributed by atoms with van der Waals surface area (Å²) in [5.41, 5.74) is 3.35. The molecule has 2 aromatic carbocycles. The van der Waals surface area contributed by atoms with Crippen LogP contribution in [-0.4, -0.2) is 47.2 Å². The van der Waals surface area contributed by atoms with E-state index in [0.29, 0.717) is 66.3 Å². The van der Waals surface area contributed by atoms with Crippen molar-refractivity contribution in [2.24, 2.45) is 7.05 Å². The van der Waals surface area contributed by atoms with Crippen LogP contribution in [0.4, 0.5) is 16.0 Å². The molecule has 1 atom stereocenters. The van der Waals surface area contributed by atoms with Gasteiger partial charge in [-0.15, -0.1) is 0 Å². The molecular weight excluding hydrogens is 533 g/mol. The minimum Gasteiger partial charge on any atom is -0.440 e. The number of imidazole rings is 1. The lowest BCUT2D eigenvalue weighted by Gasteiger charge is -2.29. The van der Waals surface area contributed by atoms with Crippen LogP contribution in [0.5, 0.6) is 0 Å². The predicted molar refractivity (Wildman–Crippen MR) is 152 cm³/mol. The molecule has 10 heteroatoms. The summed E-state index contributed by atoms with van der Waals surface area (Å²) in [5, 5.41) is 1.35. The molecular formula is C30H27ClFN5O3. The van der Waals surface area contributed by atoms with Crippen molar-refractivity contribution in [3.63, 3.8) is 0 Å². The highest BCUT2D eigenvalue weighted by molar-refractivity contribution is 6.31. The number of halogens is 2. The average Bonchev–Trinajstić information content (AvgIpc) is 3.56. The standard InChI is InChI=1S/C30H27ClFN5O3/c1-35-27(20-5-7-25(24(32)15-20)36-10-12-39-13-11-36)18-34-30(35)26(17-23-4-2-3-9-33-23)37(19-38)29-16-21-14-22(31)6-8-28(21)40-29/h2-9,14-16,18-19,26H,10-13,17H2,1H3. The number of aromatic nitrogens is 3. The van der Waals surface area contributed by atoms with E-state index in [9.17, 15) is 4.79 Å². The number of pyridine rings is 1. The topological polar surface area (TPSA) is 76.6 Å². The van der Waals surface area contributed by atoms with Crippen LogP contribution >= 0.6 is 11.6 Å². The number of benzene rings is 2. The Labute approximate surface area is 235 Å². The SMILES string of the molecule is Cn1c(-c2ccc(N3CCOCC3)c(F)c2)cnc1C(Cc1ccccn1)N(C=O)c1cc2cc(Cl)ccc2o1. The van der Waals surface area contributed by atoms with E-state index in [-0.39, 0.29) is 5.82 Å². The van der Waals surface area contributed by atoms with Gasteiger partial charge in [0.2, 0.25) is 12.3 Å². The highest BCUT2D eigenvalue weighted by atomic mass is 35.5. The number of morpholine rings is 1. The van der Waals surface area contributed by atoms with Crippen molar-refractivity contribution in [3.05, 3.63) is 95.4 Å². The van der Waals surface area contributed by atoms with Crippen molar-refractivity contribution >= 4 is 40.6 Å². The maximum absolute atomic E-state index is 15.2. The van der Waals surface area contributed by atoms with Crippen molar-refractivity contribution in [2.45, 2.75) is 12.5 Å². The number of hydrogen-bond acceptors (Lipinski definition) is 6. The van der Waals surface area contributed by atoms with Gasteiger partial charge in [-0.1, -0.05) is 23.7 Å². The molecule has 4 heterocycles. The van der Waals surface area contributed by atoms with Gasteiger partial charge in [0.05, 0.1) is 30.8 Å². The van der Waals surface area contributed by atoms with Gasteiger partial charge >= 0.3 is 0 Å². The Kier molecular flexibility index (Phi) is 7.23. The van der Waals surface area contributed by atoms with Gasteiger partial charge in [-0.2, -0.15) is 0 Å². The zero-order valence-electron chi connectivity index (χ0n) is 21.8. The van der Waals surface area contributed by atoms with Gasteiger partial charge in [-0.05, 0) is 42.5 Å². The first kappa shape index (κ1) is 26.0. The molecule has 0 saturated carbocycles. The van der Waals surface area contributed by atoms with E-state index in [4.69, 9.17) is 25.7 Å². The summed E-state index contributed by atoms with van der Waals surface area (Å²) >= 11 is 6.17. The van der Waals surface area contributed by atoms with Crippen molar-refractivity contribution in [2.75, 3.05) is 36.1 Å². The van der Waals surface area contributed by atoms with E-state index in [1.54, 1.807) is 42.7 Å². The second-order valence-electron chi connectivity index (χ2n) is 9.65. The Hall–Kier alpha value is -4.21. The number of carbonyl (C=O) groups excluding carboxylic acids is 1. The molecule has 1 aliphatic heterocycles. The van der Waals surface area contributed by atoms with E-state index in [1.165, 1.54) is 11.0 Å². The van der Waals surface area contributed by atoms with Crippen LogP contribution in [0.15, 0.2) is 77.5 Å². The number of hydrogen-bond donors (Lipinski definition) is 0. The summed E-state index contributed by atoms with van der Waals surface area (Å²) in [5.74, 6) is 0.658. The average molecular weight is 560 g/mol. The zero-order valence-corrected chi connectivity index (χ0v) is 22.6. The van der Waals surface area contributed by atoms with Crippen LogP contribution in [0.1, 0.15) is 17.6 Å².